The molecule has 1 fully saturated rings. The fraction of sp³-hybridized carbons (Fsp3) is 0.440. The van der Waals surface area contributed by atoms with Crippen LogP contribution in [0.2, 0.25) is 0 Å². The van der Waals surface area contributed by atoms with Crippen molar-refractivity contribution >= 4 is 17.6 Å². The predicted molar refractivity (Wildman–Crippen MR) is 117 cm³/mol. The molecule has 5 nitrogen and oxygen atoms in total. The van der Waals surface area contributed by atoms with Crippen LogP contribution in [-0.4, -0.2) is 19.0 Å². The summed E-state index contributed by atoms with van der Waals surface area (Å²) in [5, 5.41) is 2.87. The summed E-state index contributed by atoms with van der Waals surface area (Å²) >= 11 is 0. The number of hydrogen-bond donors (Lipinski definition) is 1. The lowest BCUT2D eigenvalue weighted by Crippen LogP contribution is -2.26. The molecule has 0 aliphatic heterocycles. The topological polar surface area (TPSA) is 64.6 Å². The molecule has 5 heteroatoms. The first kappa shape index (κ1) is 21.9. The van der Waals surface area contributed by atoms with E-state index in [1.807, 2.05) is 37.3 Å². The van der Waals surface area contributed by atoms with Crippen molar-refractivity contribution in [3.05, 3.63) is 59.7 Å². The van der Waals surface area contributed by atoms with E-state index >= 15 is 0 Å². The summed E-state index contributed by atoms with van der Waals surface area (Å²) in [7, 11) is 1.56. The minimum absolute atomic E-state index is 0.333. The summed E-state index contributed by atoms with van der Waals surface area (Å²) in [6.45, 7) is 1.94. The van der Waals surface area contributed by atoms with Gasteiger partial charge in [-0.15, -0.1) is 0 Å². The molecule has 160 valence electrons. The van der Waals surface area contributed by atoms with E-state index in [-0.39, 0.29) is 5.97 Å². The number of methoxy groups -OCH3 is 1. The number of benzene rings is 2. The maximum absolute atomic E-state index is 13.1. The zero-order valence-electron chi connectivity index (χ0n) is 17.9. The minimum Gasteiger partial charge on any atom is -0.495 e. The summed E-state index contributed by atoms with van der Waals surface area (Å²) in [4.78, 5) is 25.7. The molecule has 1 amide bonds. The zero-order chi connectivity index (χ0) is 21.3. The van der Waals surface area contributed by atoms with E-state index in [0.29, 0.717) is 29.3 Å². The highest BCUT2D eigenvalue weighted by Gasteiger charge is 2.26. The number of aryl methyl sites for hydroxylation is 1. The van der Waals surface area contributed by atoms with Gasteiger partial charge in [-0.1, -0.05) is 68.5 Å². The largest absolute Gasteiger partial charge is 0.495 e. The van der Waals surface area contributed by atoms with Crippen LogP contribution in [0.15, 0.2) is 48.5 Å². The van der Waals surface area contributed by atoms with E-state index in [0.717, 1.165) is 12.0 Å². The Labute approximate surface area is 178 Å². The van der Waals surface area contributed by atoms with Gasteiger partial charge in [-0.25, -0.2) is 0 Å². The Balaban J connectivity index is 1.70. The van der Waals surface area contributed by atoms with Crippen molar-refractivity contribution in [2.24, 2.45) is 5.92 Å². The Kier molecular flexibility index (Phi) is 7.89. The first-order valence-corrected chi connectivity index (χ1v) is 10.8. The summed E-state index contributed by atoms with van der Waals surface area (Å²) < 4.78 is 11.0. The molecule has 1 aliphatic rings. The van der Waals surface area contributed by atoms with Crippen molar-refractivity contribution in [3.63, 3.8) is 0 Å². The maximum atomic E-state index is 13.1. The van der Waals surface area contributed by atoms with Gasteiger partial charge in [-0.2, -0.15) is 0 Å². The molecule has 0 unspecified atom stereocenters. The molecule has 0 aromatic heterocycles. The van der Waals surface area contributed by atoms with E-state index < -0.39 is 12.0 Å². The number of amides is 1. The average molecular weight is 410 g/mol. The van der Waals surface area contributed by atoms with Gasteiger partial charge >= 0.3 is 5.97 Å². The number of carbonyl (C=O) groups is 2. The molecular weight excluding hydrogens is 378 g/mol. The monoisotopic (exact) mass is 409 g/mol. The molecule has 0 heterocycles. The van der Waals surface area contributed by atoms with Crippen LogP contribution in [0.1, 0.15) is 62.2 Å². The molecule has 2 aromatic carbocycles. The predicted octanol–water partition coefficient (Wildman–Crippen LogP) is 5.59. The minimum atomic E-state index is -1.00. The normalized spacial score (nSPS) is 15.3. The lowest BCUT2D eigenvalue weighted by Gasteiger charge is -2.22. The second kappa shape index (κ2) is 10.8. The summed E-state index contributed by atoms with van der Waals surface area (Å²) in [5.74, 6) is 0.424. The fourth-order valence-electron chi connectivity index (χ4n) is 4.01. The number of esters is 1. The molecule has 1 atom stereocenters. The lowest BCUT2D eigenvalue weighted by molar-refractivity contribution is -0.155. The maximum Gasteiger partial charge on any atom is 0.306 e. The van der Waals surface area contributed by atoms with Gasteiger partial charge in [0.15, 0.2) is 0 Å². The van der Waals surface area contributed by atoms with Crippen LogP contribution >= 0.6 is 0 Å². The average Bonchev–Trinajstić information content (AvgIpc) is 2.77. The Hall–Kier alpha value is -2.82. The van der Waals surface area contributed by atoms with Crippen LogP contribution in [0.25, 0.3) is 0 Å². The van der Waals surface area contributed by atoms with Crippen molar-refractivity contribution < 1.29 is 19.1 Å². The lowest BCUT2D eigenvalue weighted by atomic mass is 9.86. The molecule has 1 aliphatic carbocycles. The van der Waals surface area contributed by atoms with E-state index in [2.05, 4.69) is 5.32 Å². The fourth-order valence-corrected chi connectivity index (χ4v) is 4.01. The van der Waals surface area contributed by atoms with Crippen LogP contribution in [0, 0.1) is 12.8 Å². The molecular formula is C25H31NO4. The Morgan fingerprint density at radius 2 is 1.80 bits per heavy atom. The van der Waals surface area contributed by atoms with Crippen LogP contribution in [-0.2, 0) is 14.3 Å². The molecule has 0 radical (unpaired) electrons. The summed E-state index contributed by atoms with van der Waals surface area (Å²) in [6.07, 6.45) is 6.31. The number of anilines is 1. The number of ether oxygens (including phenoxy) is 2. The third kappa shape index (κ3) is 6.09. The van der Waals surface area contributed by atoms with Gasteiger partial charge in [-0.05, 0) is 37.0 Å². The van der Waals surface area contributed by atoms with Crippen LogP contribution < -0.4 is 10.1 Å². The van der Waals surface area contributed by atoms with Crippen LogP contribution in [0.5, 0.6) is 5.75 Å². The number of rotatable bonds is 8. The van der Waals surface area contributed by atoms with Crippen molar-refractivity contribution in [1.29, 1.82) is 0 Å². The molecule has 0 saturated heterocycles. The van der Waals surface area contributed by atoms with E-state index in [4.69, 9.17) is 9.47 Å². The van der Waals surface area contributed by atoms with Gasteiger partial charge in [0.1, 0.15) is 5.75 Å². The molecule has 0 spiro atoms. The Morgan fingerprint density at radius 1 is 1.07 bits per heavy atom. The van der Waals surface area contributed by atoms with E-state index in [1.165, 1.54) is 32.1 Å². The molecule has 30 heavy (non-hydrogen) atoms. The molecule has 1 saturated carbocycles. The van der Waals surface area contributed by atoms with Crippen molar-refractivity contribution in [1.82, 2.24) is 0 Å². The third-order valence-electron chi connectivity index (χ3n) is 5.68. The molecule has 3 rings (SSSR count). The first-order chi connectivity index (χ1) is 14.6. The number of hydrogen-bond acceptors (Lipinski definition) is 4. The highest BCUT2D eigenvalue weighted by atomic mass is 16.5. The quantitative estimate of drug-likeness (QED) is 0.578. The zero-order valence-corrected chi connectivity index (χ0v) is 17.9. The van der Waals surface area contributed by atoms with Crippen LogP contribution in [0.4, 0.5) is 5.69 Å². The highest BCUT2D eigenvalue weighted by molar-refractivity contribution is 5.97. The SMILES string of the molecule is COc1ccc(C)cc1NC(=O)[C@@H](OC(=O)CCC1CCCCC1)c1ccccc1. The Bertz CT molecular complexity index is 843. The van der Waals surface area contributed by atoms with E-state index in [1.54, 1.807) is 25.3 Å². The molecule has 1 N–H and O–H groups in total. The van der Waals surface area contributed by atoms with Gasteiger partial charge in [0.25, 0.3) is 5.91 Å². The summed E-state index contributed by atoms with van der Waals surface area (Å²) in [5.41, 5.74) is 2.20. The van der Waals surface area contributed by atoms with E-state index in [9.17, 15) is 9.59 Å². The van der Waals surface area contributed by atoms with Gasteiger partial charge in [0.2, 0.25) is 6.10 Å². The van der Waals surface area contributed by atoms with Crippen molar-refractivity contribution in [3.8, 4) is 5.75 Å². The van der Waals surface area contributed by atoms with Gasteiger partial charge in [-0.3, -0.25) is 9.59 Å². The molecule has 2 aromatic rings. The number of nitrogens with one attached hydrogen (secondary N) is 1. The smallest absolute Gasteiger partial charge is 0.306 e. The van der Waals surface area contributed by atoms with Gasteiger partial charge < -0.3 is 14.8 Å². The van der Waals surface area contributed by atoms with Gasteiger partial charge in [0.05, 0.1) is 12.8 Å². The molecule has 0 bridgehead atoms. The standard InChI is InChI=1S/C25H31NO4/c1-18-13-15-22(29-2)21(17-18)26-25(28)24(20-11-7-4-8-12-20)30-23(27)16-14-19-9-5-3-6-10-19/h4,7-8,11-13,15,17,19,24H,3,5-6,9-10,14,16H2,1-2H3,(H,26,28)/t24-/m0/s1. The first-order valence-electron chi connectivity index (χ1n) is 10.8. The Morgan fingerprint density at radius 3 is 2.50 bits per heavy atom. The highest BCUT2D eigenvalue weighted by Crippen LogP contribution is 2.30. The van der Waals surface area contributed by atoms with Crippen molar-refractivity contribution in [2.45, 2.75) is 58.0 Å². The van der Waals surface area contributed by atoms with Crippen molar-refractivity contribution in [2.75, 3.05) is 12.4 Å². The van der Waals surface area contributed by atoms with Gasteiger partial charge in [0, 0.05) is 12.0 Å². The number of carbonyl (C=O) groups excluding carboxylic acids is 2. The second-order valence-electron chi connectivity index (χ2n) is 8.02. The van der Waals surface area contributed by atoms with Crippen LogP contribution in [0.3, 0.4) is 0 Å². The second-order valence-corrected chi connectivity index (χ2v) is 8.02. The third-order valence-corrected chi connectivity index (χ3v) is 5.68. The summed E-state index contributed by atoms with van der Waals surface area (Å²) in [6, 6.07) is 14.7.